The van der Waals surface area contributed by atoms with Gasteiger partial charge >= 0.3 is 0 Å². The molecule has 84 valence electrons. The maximum absolute atomic E-state index is 9.97. The fraction of sp³-hybridized carbons (Fsp3) is 0.455. The molecule has 2 unspecified atom stereocenters. The SMILES string of the molecule is CNCCC(N)C(O)c1cccc(Br)c1. The third-order valence-electron chi connectivity index (χ3n) is 2.32. The molecule has 0 bridgehead atoms. The lowest BCUT2D eigenvalue weighted by Crippen LogP contribution is -2.31. The van der Waals surface area contributed by atoms with Crippen molar-refractivity contribution in [3.8, 4) is 0 Å². The number of rotatable bonds is 5. The maximum atomic E-state index is 9.97. The van der Waals surface area contributed by atoms with Crippen LogP contribution in [-0.2, 0) is 0 Å². The molecule has 0 spiro atoms. The first-order chi connectivity index (χ1) is 7.15. The van der Waals surface area contributed by atoms with Crippen molar-refractivity contribution in [2.75, 3.05) is 13.6 Å². The van der Waals surface area contributed by atoms with Crippen molar-refractivity contribution >= 4 is 15.9 Å². The fourth-order valence-corrected chi connectivity index (χ4v) is 1.82. The average molecular weight is 273 g/mol. The molecule has 4 N–H and O–H groups in total. The Labute approximate surface area is 98.8 Å². The largest absolute Gasteiger partial charge is 0.387 e. The lowest BCUT2D eigenvalue weighted by atomic mass is 10.0. The van der Waals surface area contributed by atoms with E-state index in [0.717, 1.165) is 23.0 Å². The Morgan fingerprint density at radius 3 is 2.87 bits per heavy atom. The number of hydrogen-bond acceptors (Lipinski definition) is 3. The zero-order valence-corrected chi connectivity index (χ0v) is 10.4. The average Bonchev–Trinajstić information content (AvgIpc) is 2.24. The van der Waals surface area contributed by atoms with Gasteiger partial charge in [-0.3, -0.25) is 0 Å². The van der Waals surface area contributed by atoms with Crippen LogP contribution in [0.4, 0.5) is 0 Å². The number of benzene rings is 1. The van der Waals surface area contributed by atoms with Crippen LogP contribution in [0.5, 0.6) is 0 Å². The molecule has 1 aromatic carbocycles. The molecule has 0 saturated heterocycles. The van der Waals surface area contributed by atoms with Gasteiger partial charge in [-0.05, 0) is 37.7 Å². The van der Waals surface area contributed by atoms with Crippen molar-refractivity contribution < 1.29 is 5.11 Å². The van der Waals surface area contributed by atoms with Crippen LogP contribution in [0.2, 0.25) is 0 Å². The first-order valence-electron chi connectivity index (χ1n) is 4.99. The predicted molar refractivity (Wildman–Crippen MR) is 65.6 cm³/mol. The number of nitrogens with one attached hydrogen (secondary N) is 1. The highest BCUT2D eigenvalue weighted by Crippen LogP contribution is 2.20. The first kappa shape index (κ1) is 12.6. The van der Waals surface area contributed by atoms with E-state index < -0.39 is 6.10 Å². The highest BCUT2D eigenvalue weighted by atomic mass is 79.9. The van der Waals surface area contributed by atoms with Crippen molar-refractivity contribution in [3.63, 3.8) is 0 Å². The van der Waals surface area contributed by atoms with Crippen molar-refractivity contribution in [2.45, 2.75) is 18.6 Å². The minimum Gasteiger partial charge on any atom is -0.387 e. The van der Waals surface area contributed by atoms with Gasteiger partial charge in [-0.1, -0.05) is 28.1 Å². The summed E-state index contributed by atoms with van der Waals surface area (Å²) < 4.78 is 0.958. The number of nitrogens with two attached hydrogens (primary N) is 1. The monoisotopic (exact) mass is 272 g/mol. The maximum Gasteiger partial charge on any atom is 0.0941 e. The third kappa shape index (κ3) is 3.91. The quantitative estimate of drug-likeness (QED) is 0.760. The van der Waals surface area contributed by atoms with E-state index in [1.54, 1.807) is 0 Å². The predicted octanol–water partition coefficient (Wildman–Crippen LogP) is 1.42. The van der Waals surface area contributed by atoms with Gasteiger partial charge in [0.15, 0.2) is 0 Å². The molecule has 0 heterocycles. The number of halogens is 1. The summed E-state index contributed by atoms with van der Waals surface area (Å²) in [5.74, 6) is 0. The Hall–Kier alpha value is -0.420. The van der Waals surface area contributed by atoms with E-state index in [-0.39, 0.29) is 6.04 Å². The van der Waals surface area contributed by atoms with Crippen molar-refractivity contribution in [1.82, 2.24) is 5.32 Å². The molecule has 0 radical (unpaired) electrons. The molecule has 0 aliphatic heterocycles. The van der Waals surface area contributed by atoms with Crippen LogP contribution < -0.4 is 11.1 Å². The van der Waals surface area contributed by atoms with E-state index in [9.17, 15) is 5.11 Å². The third-order valence-corrected chi connectivity index (χ3v) is 2.82. The summed E-state index contributed by atoms with van der Waals surface area (Å²) in [7, 11) is 1.87. The van der Waals surface area contributed by atoms with Crippen LogP contribution in [0.15, 0.2) is 28.7 Å². The van der Waals surface area contributed by atoms with Gasteiger partial charge in [0.2, 0.25) is 0 Å². The standard InChI is InChI=1S/C11H17BrN2O/c1-14-6-5-10(13)11(15)8-3-2-4-9(12)7-8/h2-4,7,10-11,14-15H,5-6,13H2,1H3. The molecule has 0 amide bonds. The molecule has 0 aromatic heterocycles. The Balaban J connectivity index is 2.62. The van der Waals surface area contributed by atoms with E-state index in [1.165, 1.54) is 0 Å². The normalized spacial score (nSPS) is 14.9. The molecule has 0 aliphatic rings. The molecule has 15 heavy (non-hydrogen) atoms. The molecule has 4 heteroatoms. The van der Waals surface area contributed by atoms with Gasteiger partial charge in [-0.15, -0.1) is 0 Å². The number of hydrogen-bond donors (Lipinski definition) is 3. The Morgan fingerprint density at radius 1 is 1.53 bits per heavy atom. The van der Waals surface area contributed by atoms with Gasteiger partial charge in [0.25, 0.3) is 0 Å². The summed E-state index contributed by atoms with van der Waals surface area (Å²) >= 11 is 3.37. The van der Waals surface area contributed by atoms with Gasteiger partial charge in [0, 0.05) is 10.5 Å². The molecule has 2 atom stereocenters. The van der Waals surface area contributed by atoms with E-state index in [2.05, 4.69) is 21.2 Å². The second-order valence-corrected chi connectivity index (χ2v) is 4.47. The molecule has 1 aromatic rings. The lowest BCUT2D eigenvalue weighted by Gasteiger charge is -2.19. The Kier molecular flexibility index (Phi) is 5.25. The summed E-state index contributed by atoms with van der Waals surface area (Å²) in [6, 6.07) is 7.37. The topological polar surface area (TPSA) is 58.3 Å². The molecule has 0 fully saturated rings. The van der Waals surface area contributed by atoms with Crippen molar-refractivity contribution in [3.05, 3.63) is 34.3 Å². The molecule has 1 rings (SSSR count). The summed E-state index contributed by atoms with van der Waals surface area (Å²) in [6.45, 7) is 0.812. The van der Waals surface area contributed by atoms with Crippen molar-refractivity contribution in [2.24, 2.45) is 5.73 Å². The van der Waals surface area contributed by atoms with Crippen molar-refractivity contribution in [1.29, 1.82) is 0 Å². The van der Waals surface area contributed by atoms with Crippen LogP contribution in [0.1, 0.15) is 18.1 Å². The number of aliphatic hydroxyl groups is 1. The highest BCUT2D eigenvalue weighted by molar-refractivity contribution is 9.10. The number of aliphatic hydroxyl groups excluding tert-OH is 1. The van der Waals surface area contributed by atoms with E-state index in [0.29, 0.717) is 0 Å². The minimum absolute atomic E-state index is 0.230. The van der Waals surface area contributed by atoms with Crippen LogP contribution in [0.3, 0.4) is 0 Å². The van der Waals surface area contributed by atoms with Crippen LogP contribution >= 0.6 is 15.9 Å². The highest BCUT2D eigenvalue weighted by Gasteiger charge is 2.16. The Bertz CT molecular complexity index is 306. The molecular weight excluding hydrogens is 256 g/mol. The lowest BCUT2D eigenvalue weighted by molar-refractivity contribution is 0.142. The van der Waals surface area contributed by atoms with Crippen LogP contribution in [-0.4, -0.2) is 24.7 Å². The van der Waals surface area contributed by atoms with Crippen LogP contribution in [0.25, 0.3) is 0 Å². The second-order valence-electron chi connectivity index (χ2n) is 3.56. The smallest absolute Gasteiger partial charge is 0.0941 e. The van der Waals surface area contributed by atoms with Gasteiger partial charge in [-0.25, -0.2) is 0 Å². The summed E-state index contributed by atoms with van der Waals surface area (Å²) in [5, 5.41) is 13.0. The molecule has 0 aliphatic carbocycles. The summed E-state index contributed by atoms with van der Waals surface area (Å²) in [4.78, 5) is 0. The van der Waals surface area contributed by atoms with E-state index in [1.807, 2.05) is 31.3 Å². The van der Waals surface area contributed by atoms with Gasteiger partial charge in [-0.2, -0.15) is 0 Å². The first-order valence-corrected chi connectivity index (χ1v) is 5.78. The fourth-order valence-electron chi connectivity index (χ4n) is 1.41. The van der Waals surface area contributed by atoms with Gasteiger partial charge in [0.1, 0.15) is 0 Å². The summed E-state index contributed by atoms with van der Waals surface area (Å²) in [5.41, 5.74) is 6.73. The molecule has 0 saturated carbocycles. The summed E-state index contributed by atoms with van der Waals surface area (Å²) in [6.07, 6.45) is 0.153. The molecule has 3 nitrogen and oxygen atoms in total. The zero-order valence-electron chi connectivity index (χ0n) is 8.78. The zero-order chi connectivity index (χ0) is 11.3. The second kappa shape index (κ2) is 6.23. The van der Waals surface area contributed by atoms with Gasteiger partial charge < -0.3 is 16.2 Å². The van der Waals surface area contributed by atoms with E-state index in [4.69, 9.17) is 5.73 Å². The Morgan fingerprint density at radius 2 is 2.27 bits per heavy atom. The van der Waals surface area contributed by atoms with E-state index >= 15 is 0 Å². The minimum atomic E-state index is -0.601. The molecular formula is C11H17BrN2O. The van der Waals surface area contributed by atoms with Gasteiger partial charge in [0.05, 0.1) is 6.10 Å². The van der Waals surface area contributed by atoms with Crippen LogP contribution in [0, 0.1) is 0 Å².